The fourth-order valence-corrected chi connectivity index (χ4v) is 2.18. The van der Waals surface area contributed by atoms with Crippen molar-refractivity contribution in [1.29, 1.82) is 0 Å². The second-order valence-corrected chi connectivity index (χ2v) is 3.71. The van der Waals surface area contributed by atoms with E-state index in [-0.39, 0.29) is 0 Å². The first kappa shape index (κ1) is 8.72. The Balaban J connectivity index is 2.92. The lowest BCUT2D eigenvalue weighted by atomic mass is 10.2. The van der Waals surface area contributed by atoms with Gasteiger partial charge in [-0.15, -0.1) is 11.3 Å². The molecule has 0 saturated heterocycles. The quantitative estimate of drug-likeness (QED) is 0.678. The van der Waals surface area contributed by atoms with Gasteiger partial charge in [-0.3, -0.25) is 0 Å². The van der Waals surface area contributed by atoms with Crippen molar-refractivity contribution in [1.82, 2.24) is 4.98 Å². The Bertz CT molecular complexity index is 206. The molecule has 0 spiro atoms. The monoisotopic (exact) mass is 169 g/mol. The molecule has 1 aromatic heterocycles. The van der Waals surface area contributed by atoms with E-state index >= 15 is 0 Å². The van der Waals surface area contributed by atoms with Gasteiger partial charge < -0.3 is 0 Å². The number of rotatable bonds is 3. The second kappa shape index (κ2) is 3.86. The molecule has 0 aliphatic heterocycles. The van der Waals surface area contributed by atoms with Crippen LogP contribution in [0.4, 0.5) is 0 Å². The maximum absolute atomic E-state index is 4.54. The van der Waals surface area contributed by atoms with Crippen molar-refractivity contribution >= 4 is 11.3 Å². The number of thiazole rings is 1. The average molecular weight is 169 g/mol. The van der Waals surface area contributed by atoms with Crippen LogP contribution in [0.15, 0.2) is 0 Å². The zero-order chi connectivity index (χ0) is 8.27. The second-order valence-electron chi connectivity index (χ2n) is 2.54. The van der Waals surface area contributed by atoms with Crippen LogP contribution >= 0.6 is 11.3 Å². The maximum Gasteiger partial charge on any atom is 0.0928 e. The normalized spacial score (nSPS) is 10.5. The Morgan fingerprint density at radius 2 is 1.82 bits per heavy atom. The largest absolute Gasteiger partial charge is 0.246 e. The molecule has 0 unspecified atom stereocenters. The predicted octanol–water partition coefficient (Wildman–Crippen LogP) is 2.83. The van der Waals surface area contributed by atoms with Crippen molar-refractivity contribution in [3.63, 3.8) is 0 Å². The van der Waals surface area contributed by atoms with E-state index < -0.39 is 0 Å². The summed E-state index contributed by atoms with van der Waals surface area (Å²) in [5, 5.41) is 1.29. The first-order chi connectivity index (χ1) is 5.31. The number of nitrogens with zero attached hydrogens (tertiary/aromatic N) is 1. The van der Waals surface area contributed by atoms with Gasteiger partial charge in [0, 0.05) is 4.88 Å². The molecule has 0 aliphatic rings. The lowest BCUT2D eigenvalue weighted by Crippen LogP contribution is -1.86. The molecule has 0 aromatic carbocycles. The lowest BCUT2D eigenvalue weighted by Gasteiger charge is -1.90. The Morgan fingerprint density at radius 1 is 1.09 bits per heavy atom. The van der Waals surface area contributed by atoms with Crippen molar-refractivity contribution in [3.05, 3.63) is 15.6 Å². The molecule has 2 heteroatoms. The van der Waals surface area contributed by atoms with E-state index in [0.717, 1.165) is 19.3 Å². The molecule has 11 heavy (non-hydrogen) atoms. The Hall–Kier alpha value is -0.370. The van der Waals surface area contributed by atoms with Crippen molar-refractivity contribution in [2.45, 2.75) is 40.0 Å². The van der Waals surface area contributed by atoms with E-state index in [1.807, 2.05) is 11.3 Å². The fraction of sp³-hybridized carbons (Fsp3) is 0.667. The van der Waals surface area contributed by atoms with Crippen molar-refractivity contribution in [3.8, 4) is 0 Å². The van der Waals surface area contributed by atoms with Crippen molar-refractivity contribution < 1.29 is 0 Å². The van der Waals surface area contributed by atoms with Crippen LogP contribution in [0.5, 0.6) is 0 Å². The summed E-state index contributed by atoms with van der Waals surface area (Å²) >= 11 is 1.87. The fourth-order valence-electron chi connectivity index (χ4n) is 1.14. The molecule has 1 nitrogen and oxygen atoms in total. The van der Waals surface area contributed by atoms with E-state index in [1.165, 1.54) is 15.6 Å². The van der Waals surface area contributed by atoms with Gasteiger partial charge in [-0.1, -0.05) is 20.8 Å². The molecule has 1 rings (SSSR count). The molecule has 1 heterocycles. The molecule has 0 amide bonds. The third-order valence-corrected chi connectivity index (χ3v) is 3.17. The molecule has 0 N–H and O–H groups in total. The number of hydrogen-bond acceptors (Lipinski definition) is 2. The van der Waals surface area contributed by atoms with Crippen LogP contribution in [0.25, 0.3) is 0 Å². The summed E-state index contributed by atoms with van der Waals surface area (Å²) in [6, 6.07) is 0. The van der Waals surface area contributed by atoms with Gasteiger partial charge in [0.25, 0.3) is 0 Å². The average Bonchev–Trinajstić information content (AvgIpc) is 2.46. The van der Waals surface area contributed by atoms with E-state index in [4.69, 9.17) is 0 Å². The Labute approximate surface area is 72.5 Å². The number of hydrogen-bond donors (Lipinski definition) is 0. The van der Waals surface area contributed by atoms with Crippen LogP contribution in [0.1, 0.15) is 36.3 Å². The highest BCUT2D eigenvalue weighted by atomic mass is 32.1. The van der Waals surface area contributed by atoms with Crippen LogP contribution in [0.3, 0.4) is 0 Å². The lowest BCUT2D eigenvalue weighted by molar-refractivity contribution is 0.973. The van der Waals surface area contributed by atoms with Crippen LogP contribution in [-0.2, 0) is 19.3 Å². The van der Waals surface area contributed by atoms with Crippen molar-refractivity contribution in [2.75, 3.05) is 0 Å². The summed E-state index contributed by atoms with van der Waals surface area (Å²) < 4.78 is 0. The highest BCUT2D eigenvalue weighted by Crippen LogP contribution is 2.19. The summed E-state index contributed by atoms with van der Waals surface area (Å²) in [4.78, 5) is 6.01. The first-order valence-electron chi connectivity index (χ1n) is 4.29. The van der Waals surface area contributed by atoms with E-state index in [2.05, 4.69) is 25.8 Å². The van der Waals surface area contributed by atoms with Crippen LogP contribution in [0.2, 0.25) is 0 Å². The zero-order valence-electron chi connectivity index (χ0n) is 7.48. The third kappa shape index (κ3) is 1.80. The van der Waals surface area contributed by atoms with Gasteiger partial charge >= 0.3 is 0 Å². The Morgan fingerprint density at radius 3 is 2.18 bits per heavy atom. The number of aryl methyl sites for hydroxylation is 3. The molecule has 0 bridgehead atoms. The predicted molar refractivity (Wildman–Crippen MR) is 50.2 cm³/mol. The highest BCUT2D eigenvalue weighted by Gasteiger charge is 2.05. The zero-order valence-corrected chi connectivity index (χ0v) is 8.29. The molecule has 0 radical (unpaired) electrons. The third-order valence-electron chi connectivity index (χ3n) is 1.78. The standard InChI is InChI=1S/C9H15NS/c1-4-7-8(5-2)11-9(6-3)10-7/h4-6H2,1-3H3. The summed E-state index contributed by atoms with van der Waals surface area (Å²) in [6.45, 7) is 6.54. The molecule has 0 fully saturated rings. The van der Waals surface area contributed by atoms with Crippen LogP contribution < -0.4 is 0 Å². The van der Waals surface area contributed by atoms with E-state index in [0.29, 0.717) is 0 Å². The van der Waals surface area contributed by atoms with E-state index in [1.54, 1.807) is 0 Å². The van der Waals surface area contributed by atoms with Crippen LogP contribution in [-0.4, -0.2) is 4.98 Å². The topological polar surface area (TPSA) is 12.9 Å². The van der Waals surface area contributed by atoms with Gasteiger partial charge in [-0.25, -0.2) is 4.98 Å². The SMILES string of the molecule is CCc1nc(CC)c(CC)s1. The smallest absolute Gasteiger partial charge is 0.0928 e. The van der Waals surface area contributed by atoms with Gasteiger partial charge in [0.2, 0.25) is 0 Å². The molecule has 0 aliphatic carbocycles. The van der Waals surface area contributed by atoms with Crippen LogP contribution in [0, 0.1) is 0 Å². The summed E-state index contributed by atoms with van der Waals surface area (Å²) in [7, 11) is 0. The van der Waals surface area contributed by atoms with Crippen molar-refractivity contribution in [2.24, 2.45) is 0 Å². The van der Waals surface area contributed by atoms with Gasteiger partial charge in [0.05, 0.1) is 10.7 Å². The van der Waals surface area contributed by atoms with Gasteiger partial charge in [-0.2, -0.15) is 0 Å². The highest BCUT2D eigenvalue weighted by molar-refractivity contribution is 7.11. The minimum atomic E-state index is 1.08. The van der Waals surface area contributed by atoms with Gasteiger partial charge in [0.15, 0.2) is 0 Å². The Kier molecular flexibility index (Phi) is 3.06. The summed E-state index contributed by atoms with van der Waals surface area (Å²) in [5.41, 5.74) is 1.31. The molecule has 62 valence electrons. The number of aromatic nitrogens is 1. The van der Waals surface area contributed by atoms with E-state index in [9.17, 15) is 0 Å². The summed E-state index contributed by atoms with van der Waals surface area (Å²) in [6.07, 6.45) is 3.30. The maximum atomic E-state index is 4.54. The van der Waals surface area contributed by atoms with Gasteiger partial charge in [0.1, 0.15) is 0 Å². The molecular weight excluding hydrogens is 154 g/mol. The molecule has 0 saturated carbocycles. The minimum absolute atomic E-state index is 1.08. The van der Waals surface area contributed by atoms with Gasteiger partial charge in [-0.05, 0) is 19.3 Å². The first-order valence-corrected chi connectivity index (χ1v) is 5.10. The molecule has 0 atom stereocenters. The minimum Gasteiger partial charge on any atom is -0.246 e. The molecular formula is C9H15NS. The summed E-state index contributed by atoms with van der Waals surface area (Å²) in [5.74, 6) is 0. The molecule has 1 aromatic rings.